The maximum Gasteiger partial charge on any atom is 0.513 e. The van der Waals surface area contributed by atoms with Gasteiger partial charge in [0.05, 0.1) is 13.7 Å². The van der Waals surface area contributed by atoms with Crippen molar-refractivity contribution >= 4 is 18.1 Å². The van der Waals surface area contributed by atoms with Crippen molar-refractivity contribution in [3.05, 3.63) is 53.1 Å². The molecule has 6 heteroatoms. The number of carbonyl (C=O) groups excluding carboxylic acids is 2. The van der Waals surface area contributed by atoms with Crippen LogP contribution in [0.4, 0.5) is 4.79 Å². The van der Waals surface area contributed by atoms with E-state index in [1.165, 1.54) is 24.3 Å². The summed E-state index contributed by atoms with van der Waals surface area (Å²) in [5.41, 5.74) is 3.30. The van der Waals surface area contributed by atoms with Crippen molar-refractivity contribution in [3.63, 3.8) is 0 Å². The summed E-state index contributed by atoms with van der Waals surface area (Å²) >= 11 is 0. The monoisotopic (exact) mass is 401 g/mol. The highest BCUT2D eigenvalue weighted by Crippen LogP contribution is 2.28. The third-order valence-electron chi connectivity index (χ3n) is 3.89. The number of nitrogens with one attached hydrogen (secondary N) is 1. The Balaban J connectivity index is 2.58. The van der Waals surface area contributed by atoms with Gasteiger partial charge in [-0.25, -0.2) is 4.79 Å². The molecule has 0 saturated carbocycles. The average molecular weight is 402 g/mol. The highest BCUT2D eigenvalue weighted by atomic mass is 16.7. The van der Waals surface area contributed by atoms with Gasteiger partial charge in [-0.05, 0) is 64.3 Å². The quantitative estimate of drug-likeness (QED) is 0.257. The molecule has 0 atom stereocenters. The minimum absolute atomic E-state index is 0.191. The summed E-state index contributed by atoms with van der Waals surface area (Å²) in [4.78, 5) is 23.4. The van der Waals surface area contributed by atoms with Crippen molar-refractivity contribution in [1.82, 2.24) is 5.32 Å². The molecule has 0 aliphatic rings. The molecule has 0 bridgehead atoms. The van der Waals surface area contributed by atoms with Crippen LogP contribution >= 0.6 is 0 Å². The van der Waals surface area contributed by atoms with E-state index in [0.717, 1.165) is 18.4 Å². The first-order chi connectivity index (χ1) is 13.8. The second-order valence-electron chi connectivity index (χ2n) is 6.64. The van der Waals surface area contributed by atoms with Crippen molar-refractivity contribution in [2.75, 3.05) is 20.3 Å². The van der Waals surface area contributed by atoms with E-state index in [1.807, 2.05) is 6.08 Å². The molecule has 0 aromatic heterocycles. The molecule has 0 radical (unpaired) electrons. The molecular weight excluding hydrogens is 370 g/mol. The number of allylic oxidation sites excluding steroid dienone is 3. The average Bonchev–Trinajstić information content (AvgIpc) is 2.67. The number of hydrogen-bond acceptors (Lipinski definition) is 5. The molecule has 29 heavy (non-hydrogen) atoms. The molecule has 0 spiro atoms. The van der Waals surface area contributed by atoms with E-state index in [2.05, 4.69) is 32.2 Å². The van der Waals surface area contributed by atoms with Crippen LogP contribution in [0.2, 0.25) is 0 Å². The van der Waals surface area contributed by atoms with Gasteiger partial charge in [-0.1, -0.05) is 29.4 Å². The molecule has 0 heterocycles. The summed E-state index contributed by atoms with van der Waals surface area (Å²) in [7, 11) is 1.47. The molecule has 158 valence electrons. The Bertz CT molecular complexity index is 773. The molecule has 6 nitrogen and oxygen atoms in total. The Kier molecular flexibility index (Phi) is 10.9. The Morgan fingerprint density at radius 1 is 1.10 bits per heavy atom. The topological polar surface area (TPSA) is 73.9 Å². The lowest BCUT2D eigenvalue weighted by Gasteiger charge is -2.09. The predicted molar refractivity (Wildman–Crippen MR) is 115 cm³/mol. The molecule has 0 fully saturated rings. The summed E-state index contributed by atoms with van der Waals surface area (Å²) in [6.45, 7) is 8.64. The summed E-state index contributed by atoms with van der Waals surface area (Å²) in [5.74, 6) is 0.431. The third kappa shape index (κ3) is 10.2. The Hall–Kier alpha value is -3.02. The van der Waals surface area contributed by atoms with Crippen molar-refractivity contribution < 1.29 is 23.8 Å². The predicted octanol–water partition coefficient (Wildman–Crippen LogP) is 5.05. The Labute approximate surface area is 173 Å². The summed E-state index contributed by atoms with van der Waals surface area (Å²) in [6, 6.07) is 4.98. The van der Waals surface area contributed by atoms with Crippen molar-refractivity contribution in [2.45, 2.75) is 40.5 Å². The maximum atomic E-state index is 12.0. The minimum atomic E-state index is -0.794. The minimum Gasteiger partial charge on any atom is -0.493 e. The van der Waals surface area contributed by atoms with Crippen LogP contribution in [-0.4, -0.2) is 32.3 Å². The molecular formula is C23H31NO5. The molecule has 0 aliphatic carbocycles. The number of hydrogen-bond donors (Lipinski definition) is 1. The standard InChI is InChI=1S/C23H31NO5/c1-6-28-23(26)29-20-12-10-19(16-21(20)27-5)11-13-22(25)24-15-14-18(4)9-7-8-17(2)3/h8,10-14,16H,6-7,9,15H2,1-5H3,(H,24,25)/b13-11?,18-14+. The number of carbonyl (C=O) groups is 2. The van der Waals surface area contributed by atoms with Gasteiger partial charge in [0.25, 0.3) is 0 Å². The van der Waals surface area contributed by atoms with Crippen LogP contribution in [0.25, 0.3) is 6.08 Å². The Morgan fingerprint density at radius 3 is 2.52 bits per heavy atom. The first-order valence-corrected chi connectivity index (χ1v) is 9.63. The van der Waals surface area contributed by atoms with Gasteiger partial charge >= 0.3 is 6.16 Å². The van der Waals surface area contributed by atoms with E-state index in [-0.39, 0.29) is 18.3 Å². The van der Waals surface area contributed by atoms with Crippen LogP contribution in [0.5, 0.6) is 11.5 Å². The zero-order valence-electron chi connectivity index (χ0n) is 17.9. The van der Waals surface area contributed by atoms with Gasteiger partial charge in [-0.2, -0.15) is 0 Å². The molecule has 1 rings (SSSR count). The molecule has 0 aliphatic heterocycles. The lowest BCUT2D eigenvalue weighted by atomic mass is 10.1. The molecule has 1 aromatic rings. The first-order valence-electron chi connectivity index (χ1n) is 9.63. The van der Waals surface area contributed by atoms with Gasteiger partial charge in [0.2, 0.25) is 5.91 Å². The van der Waals surface area contributed by atoms with E-state index >= 15 is 0 Å². The van der Waals surface area contributed by atoms with Gasteiger partial charge in [0, 0.05) is 12.6 Å². The van der Waals surface area contributed by atoms with E-state index in [0.29, 0.717) is 12.3 Å². The highest BCUT2D eigenvalue weighted by Gasteiger charge is 2.11. The van der Waals surface area contributed by atoms with Gasteiger partial charge < -0.3 is 19.5 Å². The zero-order chi connectivity index (χ0) is 21.6. The lowest BCUT2D eigenvalue weighted by Crippen LogP contribution is -2.20. The molecule has 1 aromatic carbocycles. The lowest BCUT2D eigenvalue weighted by molar-refractivity contribution is -0.116. The summed E-state index contributed by atoms with van der Waals surface area (Å²) in [6.07, 6.45) is 8.54. The zero-order valence-corrected chi connectivity index (χ0v) is 17.9. The van der Waals surface area contributed by atoms with Crippen LogP contribution in [-0.2, 0) is 9.53 Å². The van der Waals surface area contributed by atoms with E-state index in [9.17, 15) is 9.59 Å². The number of methoxy groups -OCH3 is 1. The smallest absolute Gasteiger partial charge is 0.493 e. The van der Waals surface area contributed by atoms with Crippen LogP contribution in [0.15, 0.2) is 47.6 Å². The van der Waals surface area contributed by atoms with E-state index < -0.39 is 6.16 Å². The van der Waals surface area contributed by atoms with Gasteiger partial charge in [-0.15, -0.1) is 0 Å². The van der Waals surface area contributed by atoms with Crippen LogP contribution in [0, 0.1) is 0 Å². The molecule has 1 N–H and O–H groups in total. The van der Waals surface area contributed by atoms with Crippen molar-refractivity contribution in [2.24, 2.45) is 0 Å². The summed E-state index contributed by atoms with van der Waals surface area (Å²) in [5, 5.41) is 2.83. The Morgan fingerprint density at radius 2 is 1.86 bits per heavy atom. The largest absolute Gasteiger partial charge is 0.513 e. The normalized spacial score (nSPS) is 11.1. The fraction of sp³-hybridized carbons (Fsp3) is 0.391. The molecule has 1 amide bonds. The molecule has 0 saturated heterocycles. The number of ether oxygens (including phenoxy) is 3. The molecule has 0 unspecified atom stereocenters. The number of benzene rings is 1. The van der Waals surface area contributed by atoms with Crippen molar-refractivity contribution in [1.29, 1.82) is 0 Å². The SMILES string of the molecule is CCOC(=O)Oc1ccc(C=CC(=O)NC/C=C(\C)CCC=C(C)C)cc1OC. The maximum absolute atomic E-state index is 12.0. The number of amides is 1. The van der Waals surface area contributed by atoms with E-state index in [1.54, 1.807) is 31.2 Å². The third-order valence-corrected chi connectivity index (χ3v) is 3.89. The first kappa shape index (κ1) is 24.0. The van der Waals surface area contributed by atoms with Gasteiger partial charge in [-0.3, -0.25) is 4.79 Å². The fourth-order valence-corrected chi connectivity index (χ4v) is 2.36. The van der Waals surface area contributed by atoms with Crippen LogP contribution in [0.1, 0.15) is 46.1 Å². The second-order valence-corrected chi connectivity index (χ2v) is 6.64. The van der Waals surface area contributed by atoms with Crippen LogP contribution < -0.4 is 14.8 Å². The van der Waals surface area contributed by atoms with Gasteiger partial charge in [0.15, 0.2) is 11.5 Å². The second kappa shape index (κ2) is 13.2. The highest BCUT2D eigenvalue weighted by molar-refractivity contribution is 5.91. The fourth-order valence-electron chi connectivity index (χ4n) is 2.36. The van der Waals surface area contributed by atoms with Gasteiger partial charge in [0.1, 0.15) is 0 Å². The van der Waals surface area contributed by atoms with E-state index in [4.69, 9.17) is 14.2 Å². The number of rotatable bonds is 10. The van der Waals surface area contributed by atoms with Crippen LogP contribution in [0.3, 0.4) is 0 Å². The van der Waals surface area contributed by atoms with Crippen molar-refractivity contribution in [3.8, 4) is 11.5 Å². The summed E-state index contributed by atoms with van der Waals surface area (Å²) < 4.78 is 15.1.